The van der Waals surface area contributed by atoms with Crippen molar-refractivity contribution in [1.29, 1.82) is 0 Å². The first kappa shape index (κ1) is 30.6. The van der Waals surface area contributed by atoms with Crippen molar-refractivity contribution in [3.8, 4) is 11.1 Å². The van der Waals surface area contributed by atoms with Gasteiger partial charge in [0, 0.05) is 46.2 Å². The SMILES string of the molecule is CC(=O)Nc1cc(-c2cccc(CN(CCCN)C(=O)N3CCOCC3)c2)ccc1N1CCC(Cc2ccccc2)CC1. The highest BCUT2D eigenvalue weighted by molar-refractivity contribution is 5.94. The Hall–Kier alpha value is -3.88. The van der Waals surface area contributed by atoms with Crippen LogP contribution < -0.4 is 16.0 Å². The molecule has 3 aromatic carbocycles. The van der Waals surface area contributed by atoms with E-state index in [9.17, 15) is 9.59 Å². The third-order valence-corrected chi connectivity index (χ3v) is 8.45. The standard InChI is InChI=1S/C35H45N5O3/c1-27(41)37-33-25-32(11-12-34(33)38-17-13-29(14-18-38)23-28-7-3-2-4-8-28)31-10-5-9-30(24-31)26-40(16-6-15-36)35(42)39-19-21-43-22-20-39/h2-5,7-12,24-25,29H,6,13-23,26,36H2,1H3,(H,37,41). The lowest BCUT2D eigenvalue weighted by molar-refractivity contribution is -0.114. The van der Waals surface area contributed by atoms with Crippen molar-refractivity contribution in [3.05, 3.63) is 83.9 Å². The van der Waals surface area contributed by atoms with Gasteiger partial charge in [-0.1, -0.05) is 54.6 Å². The molecule has 0 aromatic heterocycles. The summed E-state index contributed by atoms with van der Waals surface area (Å²) in [6.07, 6.45) is 4.12. The Labute approximate surface area is 255 Å². The van der Waals surface area contributed by atoms with E-state index in [0.29, 0.717) is 51.9 Å². The molecule has 2 heterocycles. The summed E-state index contributed by atoms with van der Waals surface area (Å²) in [6, 6.07) is 25.5. The van der Waals surface area contributed by atoms with Crippen LogP contribution in [-0.2, 0) is 22.5 Å². The number of nitrogens with zero attached hydrogens (tertiary/aromatic N) is 3. The Morgan fingerprint density at radius 2 is 1.63 bits per heavy atom. The highest BCUT2D eigenvalue weighted by Crippen LogP contribution is 2.35. The summed E-state index contributed by atoms with van der Waals surface area (Å²) in [5, 5.41) is 3.09. The van der Waals surface area contributed by atoms with Gasteiger partial charge in [-0.15, -0.1) is 0 Å². The van der Waals surface area contributed by atoms with E-state index in [1.54, 1.807) is 6.92 Å². The van der Waals surface area contributed by atoms with Crippen LogP contribution in [0.25, 0.3) is 11.1 Å². The van der Waals surface area contributed by atoms with Crippen LogP contribution in [0.3, 0.4) is 0 Å². The number of hydrogen-bond donors (Lipinski definition) is 2. The number of nitrogens with two attached hydrogens (primary N) is 1. The summed E-state index contributed by atoms with van der Waals surface area (Å²) < 4.78 is 5.44. The van der Waals surface area contributed by atoms with Crippen molar-refractivity contribution in [2.45, 2.75) is 39.2 Å². The lowest BCUT2D eigenvalue weighted by atomic mass is 9.90. The second-order valence-electron chi connectivity index (χ2n) is 11.7. The zero-order valence-corrected chi connectivity index (χ0v) is 25.3. The fourth-order valence-corrected chi connectivity index (χ4v) is 6.16. The van der Waals surface area contributed by atoms with Crippen molar-refractivity contribution in [1.82, 2.24) is 9.80 Å². The molecule has 2 fully saturated rings. The van der Waals surface area contributed by atoms with Crippen molar-refractivity contribution < 1.29 is 14.3 Å². The minimum absolute atomic E-state index is 0.0342. The van der Waals surface area contributed by atoms with E-state index < -0.39 is 0 Å². The monoisotopic (exact) mass is 583 g/mol. The number of morpholine rings is 1. The van der Waals surface area contributed by atoms with Crippen molar-refractivity contribution in [2.75, 3.05) is 62.7 Å². The number of benzene rings is 3. The number of carbonyl (C=O) groups excluding carboxylic acids is 2. The van der Waals surface area contributed by atoms with E-state index in [1.807, 2.05) is 15.9 Å². The number of piperidine rings is 1. The molecule has 0 atom stereocenters. The minimum atomic E-state index is -0.0803. The number of urea groups is 1. The summed E-state index contributed by atoms with van der Waals surface area (Å²) >= 11 is 0. The fraction of sp³-hybridized carbons (Fsp3) is 0.429. The van der Waals surface area contributed by atoms with Gasteiger partial charge in [-0.2, -0.15) is 0 Å². The summed E-state index contributed by atoms with van der Waals surface area (Å²) in [5.41, 5.74) is 12.2. The molecule has 8 nitrogen and oxygen atoms in total. The average molecular weight is 584 g/mol. The van der Waals surface area contributed by atoms with Crippen LogP contribution in [0, 0.1) is 5.92 Å². The Morgan fingerprint density at radius 3 is 2.35 bits per heavy atom. The Kier molecular flexibility index (Phi) is 10.7. The topological polar surface area (TPSA) is 91.1 Å². The molecule has 43 heavy (non-hydrogen) atoms. The number of carbonyl (C=O) groups is 2. The highest BCUT2D eigenvalue weighted by Gasteiger charge is 2.24. The van der Waals surface area contributed by atoms with E-state index in [0.717, 1.165) is 66.8 Å². The van der Waals surface area contributed by atoms with Gasteiger partial charge in [0.15, 0.2) is 0 Å². The molecule has 0 spiro atoms. The molecule has 0 aliphatic carbocycles. The quantitative estimate of drug-likeness (QED) is 0.335. The van der Waals surface area contributed by atoms with Gasteiger partial charge >= 0.3 is 6.03 Å². The summed E-state index contributed by atoms with van der Waals surface area (Å²) in [7, 11) is 0. The first-order valence-corrected chi connectivity index (χ1v) is 15.6. The maximum absolute atomic E-state index is 13.3. The summed E-state index contributed by atoms with van der Waals surface area (Å²) in [4.78, 5) is 31.7. The molecule has 8 heteroatoms. The van der Waals surface area contributed by atoms with Crippen LogP contribution in [0.2, 0.25) is 0 Å². The number of anilines is 2. The first-order chi connectivity index (χ1) is 21.0. The lowest BCUT2D eigenvalue weighted by Gasteiger charge is -2.35. The number of ether oxygens (including phenoxy) is 1. The summed E-state index contributed by atoms with van der Waals surface area (Å²) in [5.74, 6) is 0.590. The van der Waals surface area contributed by atoms with Gasteiger partial charge in [0.25, 0.3) is 0 Å². The molecule has 2 saturated heterocycles. The van der Waals surface area contributed by atoms with E-state index in [4.69, 9.17) is 10.5 Å². The second-order valence-corrected chi connectivity index (χ2v) is 11.7. The number of nitrogens with one attached hydrogen (secondary N) is 1. The van der Waals surface area contributed by atoms with Crippen LogP contribution in [0.15, 0.2) is 72.8 Å². The molecule has 0 bridgehead atoms. The van der Waals surface area contributed by atoms with Crippen LogP contribution in [0.4, 0.5) is 16.2 Å². The molecular formula is C35H45N5O3. The summed E-state index contributed by atoms with van der Waals surface area (Å²) in [6.45, 7) is 7.53. The van der Waals surface area contributed by atoms with Crippen molar-refractivity contribution >= 4 is 23.3 Å². The van der Waals surface area contributed by atoms with Gasteiger partial charge in [-0.25, -0.2) is 4.79 Å². The Bertz CT molecular complexity index is 1350. The number of amides is 3. The van der Waals surface area contributed by atoms with E-state index in [-0.39, 0.29) is 11.9 Å². The van der Waals surface area contributed by atoms with Gasteiger partial charge in [-0.05, 0) is 78.6 Å². The number of hydrogen-bond acceptors (Lipinski definition) is 5. The molecule has 3 amide bonds. The molecule has 3 N–H and O–H groups in total. The van der Waals surface area contributed by atoms with Crippen LogP contribution >= 0.6 is 0 Å². The number of rotatable bonds is 10. The van der Waals surface area contributed by atoms with Crippen molar-refractivity contribution in [2.24, 2.45) is 11.7 Å². The largest absolute Gasteiger partial charge is 0.378 e. The minimum Gasteiger partial charge on any atom is -0.378 e. The van der Waals surface area contributed by atoms with E-state index in [2.05, 4.69) is 76.9 Å². The smallest absolute Gasteiger partial charge is 0.320 e. The first-order valence-electron chi connectivity index (χ1n) is 15.6. The van der Waals surface area contributed by atoms with Gasteiger partial charge in [0.2, 0.25) is 5.91 Å². The molecule has 0 saturated carbocycles. The molecule has 5 rings (SSSR count). The fourth-order valence-electron chi connectivity index (χ4n) is 6.16. The van der Waals surface area contributed by atoms with Gasteiger partial charge in [0.1, 0.15) is 0 Å². The normalized spacial score (nSPS) is 15.8. The van der Waals surface area contributed by atoms with E-state index in [1.165, 1.54) is 5.56 Å². The van der Waals surface area contributed by atoms with Gasteiger partial charge in [-0.3, -0.25) is 4.79 Å². The Balaban J connectivity index is 1.30. The molecule has 0 radical (unpaired) electrons. The molecule has 228 valence electrons. The van der Waals surface area contributed by atoms with Crippen molar-refractivity contribution in [3.63, 3.8) is 0 Å². The third-order valence-electron chi connectivity index (χ3n) is 8.45. The van der Waals surface area contributed by atoms with Gasteiger partial charge < -0.3 is 30.5 Å². The molecule has 2 aliphatic rings. The predicted octanol–water partition coefficient (Wildman–Crippen LogP) is 5.37. The predicted molar refractivity (Wildman–Crippen MR) is 173 cm³/mol. The van der Waals surface area contributed by atoms with Crippen LogP contribution in [0.5, 0.6) is 0 Å². The highest BCUT2D eigenvalue weighted by atomic mass is 16.5. The molecule has 3 aromatic rings. The molecular weight excluding hydrogens is 538 g/mol. The maximum atomic E-state index is 13.3. The molecule has 0 unspecified atom stereocenters. The van der Waals surface area contributed by atoms with Crippen LogP contribution in [0.1, 0.15) is 37.3 Å². The second kappa shape index (κ2) is 15.0. The zero-order chi connectivity index (χ0) is 30.0. The van der Waals surface area contributed by atoms with Gasteiger partial charge in [0.05, 0.1) is 24.6 Å². The zero-order valence-electron chi connectivity index (χ0n) is 25.3. The lowest BCUT2D eigenvalue weighted by Crippen LogP contribution is -2.48. The third kappa shape index (κ3) is 8.36. The van der Waals surface area contributed by atoms with E-state index >= 15 is 0 Å². The van der Waals surface area contributed by atoms with Crippen LogP contribution in [-0.4, -0.2) is 74.2 Å². The average Bonchev–Trinajstić information content (AvgIpc) is 3.04. The molecule has 2 aliphatic heterocycles. The maximum Gasteiger partial charge on any atom is 0.320 e. The Morgan fingerprint density at radius 1 is 0.907 bits per heavy atom.